The van der Waals surface area contributed by atoms with E-state index < -0.39 is 0 Å². The van der Waals surface area contributed by atoms with Crippen molar-refractivity contribution < 1.29 is 0 Å². The Kier molecular flexibility index (Phi) is 7.33. The van der Waals surface area contributed by atoms with Gasteiger partial charge in [-0.25, -0.2) is 0 Å². The van der Waals surface area contributed by atoms with Crippen molar-refractivity contribution in [2.75, 3.05) is 4.90 Å². The zero-order valence-electron chi connectivity index (χ0n) is 36.6. The van der Waals surface area contributed by atoms with E-state index in [2.05, 4.69) is 236 Å². The maximum atomic E-state index is 2.73. The second-order valence-electron chi connectivity index (χ2n) is 19.8. The topological polar surface area (TPSA) is 18.0 Å². The summed E-state index contributed by atoms with van der Waals surface area (Å²) in [5.74, 6) is 1.19. The summed E-state index contributed by atoms with van der Waals surface area (Å²) in [6.07, 6.45) is 0. The second-order valence-corrected chi connectivity index (χ2v) is 19.8. The van der Waals surface area contributed by atoms with Gasteiger partial charge in [0.15, 0.2) is 0 Å². The Morgan fingerprint density at radius 2 is 0.937 bits per heavy atom. The van der Waals surface area contributed by atoms with E-state index in [-0.39, 0.29) is 17.7 Å². The number of hydrogen-bond acceptors (Lipinski definition) is 1. The standard InChI is InChI=1S/C58H47BN4/c1-57(2,3)36-29-31-40(32-30-36)62-50-34-37(58(4,5)6)33-44-45-35-49-51(41-23-13-16-26-46(41)60(49)38-19-9-7-10-20-38)52-42-24-14-18-28-48(42)63(55(45)52)59(53(44)50)54-43-25-15-17-27-47(43)61(56(54)62)39-21-11-8-12-22-39/h7-35H,1-6H3. The van der Waals surface area contributed by atoms with Crippen LogP contribution in [0.1, 0.15) is 52.7 Å². The summed E-state index contributed by atoms with van der Waals surface area (Å²) in [5.41, 5.74) is 18.7. The first-order valence-corrected chi connectivity index (χ1v) is 22.4. The lowest BCUT2D eigenvalue weighted by molar-refractivity contribution is 0.590. The summed E-state index contributed by atoms with van der Waals surface area (Å²) in [5, 5.41) is 6.46. The average Bonchev–Trinajstić information content (AvgIpc) is 3.94. The predicted octanol–water partition coefficient (Wildman–Crippen LogP) is 13.8. The smallest absolute Gasteiger partial charge is 0.335 e. The molecule has 0 N–H and O–H groups in total. The van der Waals surface area contributed by atoms with E-state index >= 15 is 0 Å². The van der Waals surface area contributed by atoms with Crippen LogP contribution >= 0.6 is 0 Å². The molecule has 0 fully saturated rings. The van der Waals surface area contributed by atoms with Gasteiger partial charge in [-0.1, -0.05) is 151 Å². The fourth-order valence-electron chi connectivity index (χ4n) is 11.2. The van der Waals surface area contributed by atoms with E-state index in [0.29, 0.717) is 0 Å². The van der Waals surface area contributed by atoms with Crippen LogP contribution in [0.2, 0.25) is 0 Å². The molecule has 0 aliphatic carbocycles. The van der Waals surface area contributed by atoms with Crippen molar-refractivity contribution in [3.05, 3.63) is 187 Å². The molecule has 302 valence electrons. The van der Waals surface area contributed by atoms with Gasteiger partial charge < -0.3 is 9.05 Å². The van der Waals surface area contributed by atoms with Gasteiger partial charge in [-0.3, -0.25) is 9.47 Å². The van der Waals surface area contributed by atoms with Crippen molar-refractivity contribution in [2.45, 2.75) is 52.4 Å². The molecule has 0 radical (unpaired) electrons. The quantitative estimate of drug-likeness (QED) is 0.163. The van der Waals surface area contributed by atoms with Crippen molar-refractivity contribution in [1.29, 1.82) is 0 Å². The lowest BCUT2D eigenvalue weighted by atomic mass is 9.45. The van der Waals surface area contributed by atoms with Gasteiger partial charge in [0.25, 0.3) is 0 Å². The molecule has 0 atom stereocenters. The predicted molar refractivity (Wildman–Crippen MR) is 269 cm³/mol. The molecule has 0 bridgehead atoms. The van der Waals surface area contributed by atoms with Crippen molar-refractivity contribution in [1.82, 2.24) is 13.6 Å². The lowest BCUT2D eigenvalue weighted by Gasteiger charge is -2.41. The third kappa shape index (κ3) is 4.94. The maximum absolute atomic E-state index is 2.73. The van der Waals surface area contributed by atoms with Gasteiger partial charge in [0.1, 0.15) is 5.82 Å². The molecule has 13 rings (SSSR count). The maximum Gasteiger partial charge on any atom is 0.335 e. The van der Waals surface area contributed by atoms with Gasteiger partial charge >= 0.3 is 6.85 Å². The van der Waals surface area contributed by atoms with Crippen molar-refractivity contribution >= 4 is 89.5 Å². The third-order valence-corrected chi connectivity index (χ3v) is 14.1. The van der Waals surface area contributed by atoms with E-state index in [1.54, 1.807) is 0 Å². The summed E-state index contributed by atoms with van der Waals surface area (Å²) < 4.78 is 7.76. The second kappa shape index (κ2) is 12.7. The Bertz CT molecular complexity index is 3690. The largest absolute Gasteiger partial charge is 0.375 e. The van der Waals surface area contributed by atoms with E-state index in [9.17, 15) is 0 Å². The van der Waals surface area contributed by atoms with Crippen LogP contribution in [-0.2, 0) is 10.8 Å². The van der Waals surface area contributed by atoms with Gasteiger partial charge in [0.2, 0.25) is 0 Å². The minimum absolute atomic E-state index is 0.0268. The summed E-state index contributed by atoms with van der Waals surface area (Å²) in [6.45, 7) is 13.9. The van der Waals surface area contributed by atoms with Crippen LogP contribution in [0.5, 0.6) is 0 Å². The van der Waals surface area contributed by atoms with Gasteiger partial charge in [0, 0.05) is 66.4 Å². The number of aromatic nitrogens is 3. The summed E-state index contributed by atoms with van der Waals surface area (Å²) in [7, 11) is 0. The minimum Gasteiger partial charge on any atom is -0.375 e. The normalized spacial score (nSPS) is 13.5. The van der Waals surface area contributed by atoms with Gasteiger partial charge in [-0.15, -0.1) is 0 Å². The van der Waals surface area contributed by atoms with E-state index in [1.165, 1.54) is 105 Å². The highest BCUT2D eigenvalue weighted by Gasteiger charge is 2.47. The molecule has 5 heteroatoms. The number of rotatable bonds is 3. The summed E-state index contributed by atoms with van der Waals surface area (Å²) in [6, 6.07) is 66.2. The Morgan fingerprint density at radius 1 is 0.397 bits per heavy atom. The van der Waals surface area contributed by atoms with Crippen molar-refractivity contribution in [3.63, 3.8) is 0 Å². The molecular weight excluding hydrogens is 763 g/mol. The van der Waals surface area contributed by atoms with Crippen LogP contribution in [0, 0.1) is 0 Å². The van der Waals surface area contributed by atoms with Gasteiger partial charge in [0.05, 0.1) is 16.6 Å². The molecule has 63 heavy (non-hydrogen) atoms. The molecule has 0 amide bonds. The molecule has 11 aromatic rings. The third-order valence-electron chi connectivity index (χ3n) is 14.1. The molecule has 5 heterocycles. The van der Waals surface area contributed by atoms with E-state index in [4.69, 9.17) is 0 Å². The Morgan fingerprint density at radius 3 is 1.57 bits per heavy atom. The van der Waals surface area contributed by atoms with E-state index in [0.717, 1.165) is 11.4 Å². The average molecular weight is 811 g/mol. The summed E-state index contributed by atoms with van der Waals surface area (Å²) >= 11 is 0. The molecule has 0 saturated heterocycles. The SMILES string of the molecule is CC(C)(C)c1ccc(N2c3cc(C(C)(C)C)cc4c3B(c3c2n(-c2ccccc2)c2ccccc32)n2c3ccccc3c3c5c6ccccc6n(-c6ccccc6)c5cc-4c32)cc1. The molecule has 4 nitrogen and oxygen atoms in total. The highest BCUT2D eigenvalue weighted by atomic mass is 15.3. The monoisotopic (exact) mass is 810 g/mol. The molecule has 3 aromatic heterocycles. The number of benzene rings is 8. The van der Waals surface area contributed by atoms with Crippen molar-refractivity contribution in [2.24, 2.45) is 0 Å². The Hall–Kier alpha value is -7.24. The number of para-hydroxylation sites is 5. The first-order chi connectivity index (χ1) is 30.6. The Labute approximate surface area is 368 Å². The summed E-state index contributed by atoms with van der Waals surface area (Å²) in [4.78, 5) is 2.60. The first-order valence-electron chi connectivity index (χ1n) is 22.4. The van der Waals surface area contributed by atoms with E-state index in [1.807, 2.05) is 0 Å². The Balaban J connectivity index is 1.27. The zero-order valence-corrected chi connectivity index (χ0v) is 36.6. The van der Waals surface area contributed by atoms with Crippen LogP contribution in [0.15, 0.2) is 176 Å². The van der Waals surface area contributed by atoms with Crippen LogP contribution in [0.4, 0.5) is 17.2 Å². The minimum atomic E-state index is -0.124. The van der Waals surface area contributed by atoms with Crippen LogP contribution in [-0.4, -0.2) is 20.5 Å². The lowest BCUT2D eigenvalue weighted by Crippen LogP contribution is -2.56. The fourth-order valence-corrected chi connectivity index (χ4v) is 11.2. The van der Waals surface area contributed by atoms with Crippen molar-refractivity contribution in [3.8, 4) is 22.5 Å². The molecule has 8 aromatic carbocycles. The van der Waals surface area contributed by atoms with Crippen LogP contribution in [0.3, 0.4) is 0 Å². The number of hydrogen-bond donors (Lipinski definition) is 0. The molecule has 2 aliphatic rings. The zero-order chi connectivity index (χ0) is 42.5. The molecular formula is C58H47BN4. The number of fused-ring (bicyclic) bond motifs is 13. The number of nitrogens with zero attached hydrogens (tertiary/aromatic N) is 4. The molecule has 0 spiro atoms. The molecule has 2 aliphatic heterocycles. The van der Waals surface area contributed by atoms with Gasteiger partial charge in [-0.05, 0) is 105 Å². The van der Waals surface area contributed by atoms with Gasteiger partial charge in [-0.2, -0.15) is 0 Å². The molecule has 0 unspecified atom stereocenters. The van der Waals surface area contributed by atoms with Crippen LogP contribution in [0.25, 0.3) is 77.0 Å². The highest BCUT2D eigenvalue weighted by Crippen LogP contribution is 2.52. The highest BCUT2D eigenvalue weighted by molar-refractivity contribution is 6.91. The van der Waals surface area contributed by atoms with Crippen LogP contribution < -0.4 is 15.8 Å². The first kappa shape index (κ1) is 36.4. The fraction of sp³-hybridized carbons (Fsp3) is 0.138. The number of anilines is 3. The molecule has 0 saturated carbocycles.